The van der Waals surface area contributed by atoms with Crippen LogP contribution in [0.2, 0.25) is 0 Å². The molecule has 4 rings (SSSR count). The van der Waals surface area contributed by atoms with Crippen LogP contribution < -0.4 is 10.2 Å². The van der Waals surface area contributed by atoms with E-state index >= 15 is 0 Å². The molecule has 3 aromatic rings. The zero-order valence-corrected chi connectivity index (χ0v) is 14.0. The van der Waals surface area contributed by atoms with Gasteiger partial charge in [-0.25, -0.2) is 13.8 Å². The number of fused-ring (bicyclic) bond motifs is 1. The summed E-state index contributed by atoms with van der Waals surface area (Å²) in [5, 5.41) is 7.22. The van der Waals surface area contributed by atoms with Gasteiger partial charge in [-0.1, -0.05) is 13.0 Å². The van der Waals surface area contributed by atoms with Crippen molar-refractivity contribution in [3.63, 3.8) is 0 Å². The number of nitrogens with one attached hydrogen (secondary N) is 1. The summed E-state index contributed by atoms with van der Waals surface area (Å²) < 4.78 is 29.5. The smallest absolute Gasteiger partial charge is 0.254 e. The Balaban J connectivity index is 1.63. The lowest BCUT2D eigenvalue weighted by molar-refractivity contribution is -0.117. The van der Waals surface area contributed by atoms with Crippen LogP contribution in [-0.4, -0.2) is 38.1 Å². The van der Waals surface area contributed by atoms with Crippen LogP contribution in [0.1, 0.15) is 19.0 Å². The summed E-state index contributed by atoms with van der Waals surface area (Å²) in [4.78, 5) is 22.3. The van der Waals surface area contributed by atoms with Crippen LogP contribution in [-0.2, 0) is 11.2 Å². The molecular formula is C17H16F2N6O. The monoisotopic (exact) mass is 358 g/mol. The first-order valence-electron chi connectivity index (χ1n) is 8.30. The van der Waals surface area contributed by atoms with Crippen molar-refractivity contribution in [2.45, 2.75) is 25.8 Å². The van der Waals surface area contributed by atoms with Gasteiger partial charge in [0, 0.05) is 18.3 Å². The second kappa shape index (κ2) is 6.32. The minimum absolute atomic E-state index is 0.223. The lowest BCUT2D eigenvalue weighted by atomic mass is 10.2. The number of aryl methyl sites for hydroxylation is 1. The molecule has 0 saturated carbocycles. The summed E-state index contributed by atoms with van der Waals surface area (Å²) >= 11 is 0. The average molecular weight is 358 g/mol. The van der Waals surface area contributed by atoms with Gasteiger partial charge in [-0.2, -0.15) is 14.6 Å². The molecule has 26 heavy (non-hydrogen) atoms. The van der Waals surface area contributed by atoms with E-state index in [4.69, 9.17) is 0 Å². The lowest BCUT2D eigenvalue weighted by Gasteiger charge is -2.19. The molecule has 1 aliphatic heterocycles. The van der Waals surface area contributed by atoms with Gasteiger partial charge in [-0.3, -0.25) is 4.79 Å². The highest BCUT2D eigenvalue weighted by molar-refractivity contribution is 6.01. The molecule has 0 radical (unpaired) electrons. The van der Waals surface area contributed by atoms with Crippen molar-refractivity contribution in [2.24, 2.45) is 0 Å². The third-order valence-electron chi connectivity index (χ3n) is 4.40. The molecule has 0 aliphatic carbocycles. The maximum Gasteiger partial charge on any atom is 0.254 e. The van der Waals surface area contributed by atoms with Crippen LogP contribution in [0.15, 0.2) is 30.6 Å². The summed E-state index contributed by atoms with van der Waals surface area (Å²) in [5.41, 5.74) is 0.493. The molecule has 1 unspecified atom stereocenters. The fraction of sp³-hybridized carbons (Fsp3) is 0.294. The van der Waals surface area contributed by atoms with E-state index in [-0.39, 0.29) is 12.2 Å². The maximum absolute atomic E-state index is 14.0. The molecule has 0 bridgehead atoms. The molecule has 7 nitrogen and oxygen atoms in total. The van der Waals surface area contributed by atoms with E-state index in [0.717, 1.165) is 22.7 Å². The number of benzene rings is 1. The number of amides is 1. The number of hydrogen-bond donors (Lipinski definition) is 1. The highest BCUT2D eigenvalue weighted by Gasteiger charge is 2.35. The van der Waals surface area contributed by atoms with Crippen LogP contribution in [0.5, 0.6) is 0 Å². The van der Waals surface area contributed by atoms with Gasteiger partial charge in [0.2, 0.25) is 5.91 Å². The van der Waals surface area contributed by atoms with E-state index in [0.29, 0.717) is 24.4 Å². The second-order valence-corrected chi connectivity index (χ2v) is 6.00. The molecule has 1 aliphatic rings. The SMILES string of the molecule is CCc1cc(NC2CCN(c3c(F)cccc3F)C2=O)n2ncnc2n1. The summed E-state index contributed by atoms with van der Waals surface area (Å²) in [6, 6.07) is 4.73. The van der Waals surface area contributed by atoms with E-state index in [1.54, 1.807) is 6.07 Å². The third kappa shape index (κ3) is 2.65. The molecule has 0 spiro atoms. The Bertz CT molecular complexity index is 968. The zero-order valence-electron chi connectivity index (χ0n) is 14.0. The predicted molar refractivity (Wildman–Crippen MR) is 90.9 cm³/mol. The molecule has 9 heteroatoms. The highest BCUT2D eigenvalue weighted by atomic mass is 19.1. The Kier molecular flexibility index (Phi) is 3.98. The van der Waals surface area contributed by atoms with Crippen molar-refractivity contribution in [2.75, 3.05) is 16.8 Å². The third-order valence-corrected chi connectivity index (χ3v) is 4.40. The van der Waals surface area contributed by atoms with Crippen LogP contribution >= 0.6 is 0 Å². The molecule has 1 aromatic carbocycles. The minimum Gasteiger partial charge on any atom is -0.358 e. The summed E-state index contributed by atoms with van der Waals surface area (Å²) in [5.74, 6) is -0.908. The fourth-order valence-electron chi connectivity index (χ4n) is 3.11. The van der Waals surface area contributed by atoms with Gasteiger partial charge in [0.1, 0.15) is 35.5 Å². The molecular weight excluding hydrogens is 342 g/mol. The first-order chi connectivity index (χ1) is 12.6. The topological polar surface area (TPSA) is 75.4 Å². The van der Waals surface area contributed by atoms with Gasteiger partial charge < -0.3 is 10.2 Å². The van der Waals surface area contributed by atoms with Gasteiger partial charge >= 0.3 is 0 Å². The van der Waals surface area contributed by atoms with Gasteiger partial charge in [-0.05, 0) is 25.0 Å². The number of carbonyl (C=O) groups excluding carboxylic acids is 1. The summed E-state index contributed by atoms with van der Waals surface area (Å²) in [6.45, 7) is 2.18. The van der Waals surface area contributed by atoms with Gasteiger partial charge in [0.15, 0.2) is 0 Å². The Morgan fingerprint density at radius 1 is 1.31 bits per heavy atom. The first kappa shape index (κ1) is 16.4. The quantitative estimate of drug-likeness (QED) is 0.774. The van der Waals surface area contributed by atoms with Crippen molar-refractivity contribution >= 4 is 23.2 Å². The first-order valence-corrected chi connectivity index (χ1v) is 8.30. The summed E-state index contributed by atoms with van der Waals surface area (Å²) in [7, 11) is 0. The van der Waals surface area contributed by atoms with Crippen molar-refractivity contribution in [1.29, 1.82) is 0 Å². The van der Waals surface area contributed by atoms with Gasteiger partial charge in [-0.15, -0.1) is 0 Å². The number of aromatic nitrogens is 4. The molecule has 1 amide bonds. The van der Waals surface area contributed by atoms with Crippen LogP contribution in [0, 0.1) is 11.6 Å². The Morgan fingerprint density at radius 3 is 2.81 bits per heavy atom. The van der Waals surface area contributed by atoms with Crippen LogP contribution in [0.3, 0.4) is 0 Å². The van der Waals surface area contributed by atoms with Crippen molar-refractivity contribution in [3.05, 3.63) is 47.9 Å². The highest BCUT2D eigenvalue weighted by Crippen LogP contribution is 2.28. The van der Waals surface area contributed by atoms with E-state index < -0.39 is 23.6 Å². The molecule has 1 N–H and O–H groups in total. The number of hydrogen-bond acceptors (Lipinski definition) is 5. The van der Waals surface area contributed by atoms with Crippen LogP contribution in [0.4, 0.5) is 20.3 Å². The Labute approximate surface area is 147 Å². The van der Waals surface area contributed by atoms with Gasteiger partial charge in [0.25, 0.3) is 5.78 Å². The standard InChI is InChI=1S/C17H16F2N6O/c1-2-10-8-14(25-17(22-10)20-9-21-25)23-13-6-7-24(16(13)26)15-11(18)4-3-5-12(15)19/h3-5,8-9,13,23H,2,6-7H2,1H3. The number of anilines is 2. The van der Waals surface area contributed by atoms with E-state index in [9.17, 15) is 13.6 Å². The molecule has 2 aromatic heterocycles. The van der Waals surface area contributed by atoms with Gasteiger partial charge in [0.05, 0.1) is 0 Å². The fourth-order valence-corrected chi connectivity index (χ4v) is 3.11. The normalized spacial score (nSPS) is 17.3. The number of halogens is 2. The van der Waals surface area contributed by atoms with E-state index in [1.165, 1.54) is 16.9 Å². The zero-order chi connectivity index (χ0) is 18.3. The van der Waals surface area contributed by atoms with Crippen molar-refractivity contribution < 1.29 is 13.6 Å². The van der Waals surface area contributed by atoms with Crippen LogP contribution in [0.25, 0.3) is 5.78 Å². The molecule has 1 fully saturated rings. The maximum atomic E-state index is 14.0. The second-order valence-electron chi connectivity index (χ2n) is 6.00. The Morgan fingerprint density at radius 2 is 2.08 bits per heavy atom. The van der Waals surface area contributed by atoms with E-state index in [1.807, 2.05) is 6.92 Å². The number of carbonyl (C=O) groups is 1. The number of nitrogens with zero attached hydrogens (tertiary/aromatic N) is 5. The molecule has 1 atom stereocenters. The lowest BCUT2D eigenvalue weighted by Crippen LogP contribution is -2.35. The van der Waals surface area contributed by atoms with Crippen molar-refractivity contribution in [3.8, 4) is 0 Å². The number of para-hydroxylation sites is 1. The molecule has 134 valence electrons. The molecule has 1 saturated heterocycles. The predicted octanol–water partition coefficient (Wildman–Crippen LogP) is 2.18. The van der Waals surface area contributed by atoms with Crippen molar-refractivity contribution in [1.82, 2.24) is 19.6 Å². The molecule has 3 heterocycles. The number of rotatable bonds is 4. The minimum atomic E-state index is -0.755. The van der Waals surface area contributed by atoms with E-state index in [2.05, 4.69) is 20.4 Å². The Hall–Kier alpha value is -3.10. The largest absolute Gasteiger partial charge is 0.358 e. The summed E-state index contributed by atoms with van der Waals surface area (Å²) in [6.07, 6.45) is 2.49. The average Bonchev–Trinajstić information content (AvgIpc) is 3.23.